The summed E-state index contributed by atoms with van der Waals surface area (Å²) in [6.07, 6.45) is 5.51. The number of benzene rings is 1. The lowest BCUT2D eigenvalue weighted by Gasteiger charge is -2.15. The summed E-state index contributed by atoms with van der Waals surface area (Å²) in [6.45, 7) is 9.93. The van der Waals surface area contributed by atoms with E-state index in [1.165, 1.54) is 0 Å². The van der Waals surface area contributed by atoms with Crippen molar-refractivity contribution < 1.29 is 4.79 Å². The number of nitrogens with zero attached hydrogens (tertiary/aromatic N) is 3. The maximum Gasteiger partial charge on any atom is 0.274 e. The number of aromatic nitrogens is 3. The first-order valence-electron chi connectivity index (χ1n) is 11.2. The molecule has 4 N–H and O–H groups in total. The van der Waals surface area contributed by atoms with E-state index < -0.39 is 0 Å². The minimum Gasteiger partial charge on any atom is -0.354 e. The Balaban J connectivity index is 1.75. The molecule has 0 bridgehead atoms. The van der Waals surface area contributed by atoms with Gasteiger partial charge in [0, 0.05) is 47.3 Å². The van der Waals surface area contributed by atoms with Crippen LogP contribution in [-0.4, -0.2) is 20.1 Å². The molecule has 3 heterocycles. The highest BCUT2D eigenvalue weighted by molar-refractivity contribution is 6.09. The van der Waals surface area contributed by atoms with Crippen LogP contribution in [-0.2, 0) is 6.54 Å². The Bertz CT molecular complexity index is 1430. The molecule has 0 fully saturated rings. The molecule has 4 rings (SSSR count). The summed E-state index contributed by atoms with van der Waals surface area (Å²) in [4.78, 5) is 30.2. The minimum atomic E-state index is -0.308. The van der Waals surface area contributed by atoms with Crippen molar-refractivity contribution in [3.05, 3.63) is 87.2 Å². The molecule has 1 amide bonds. The summed E-state index contributed by atoms with van der Waals surface area (Å²) < 4.78 is 3.27. The van der Waals surface area contributed by atoms with Gasteiger partial charge in [0.15, 0.2) is 0 Å². The van der Waals surface area contributed by atoms with Gasteiger partial charge in [-0.3, -0.25) is 14.6 Å². The molecule has 0 unspecified atom stereocenters. The van der Waals surface area contributed by atoms with E-state index in [9.17, 15) is 9.59 Å². The molecule has 4 aromatic rings. The number of pyridine rings is 2. The third-order valence-electron chi connectivity index (χ3n) is 6.06. The van der Waals surface area contributed by atoms with E-state index in [0.29, 0.717) is 16.8 Å². The maximum atomic E-state index is 13.4. The van der Waals surface area contributed by atoms with Crippen LogP contribution >= 0.6 is 0 Å². The van der Waals surface area contributed by atoms with Crippen LogP contribution in [0.3, 0.4) is 0 Å². The predicted molar refractivity (Wildman–Crippen MR) is 136 cm³/mol. The molecule has 0 aliphatic rings. The average molecular weight is 459 g/mol. The van der Waals surface area contributed by atoms with Crippen LogP contribution in [0.5, 0.6) is 0 Å². The Hall–Kier alpha value is -4.07. The smallest absolute Gasteiger partial charge is 0.274 e. The molecule has 0 atom stereocenters. The topological polar surface area (TPSA) is 107 Å². The van der Waals surface area contributed by atoms with E-state index >= 15 is 0 Å². The summed E-state index contributed by atoms with van der Waals surface area (Å²) in [6, 6.07) is 9.71. The average Bonchev–Trinajstić information content (AvgIpc) is 3.14. The molecule has 3 aromatic heterocycles. The number of amides is 1. The fourth-order valence-electron chi connectivity index (χ4n) is 4.29. The molecule has 0 aliphatic carbocycles. The molecule has 0 radical (unpaired) electrons. The number of nitrogens with two attached hydrogens (primary N) is 1. The van der Waals surface area contributed by atoms with Gasteiger partial charge >= 0.3 is 0 Å². The van der Waals surface area contributed by atoms with E-state index in [1.807, 2.05) is 44.2 Å². The van der Waals surface area contributed by atoms with Crippen molar-refractivity contribution in [3.8, 4) is 0 Å². The lowest BCUT2D eigenvalue weighted by atomic mass is 10.0. The van der Waals surface area contributed by atoms with Gasteiger partial charge in [-0.05, 0) is 76.1 Å². The Morgan fingerprint density at radius 3 is 2.56 bits per heavy atom. The molecule has 0 saturated heterocycles. The van der Waals surface area contributed by atoms with Crippen molar-refractivity contribution in [2.45, 2.75) is 47.2 Å². The lowest BCUT2D eigenvalue weighted by molar-refractivity contribution is 0.0952. The van der Waals surface area contributed by atoms with Crippen LogP contribution in [0.2, 0.25) is 0 Å². The zero-order chi connectivity index (χ0) is 24.6. The van der Waals surface area contributed by atoms with Crippen LogP contribution in [0.1, 0.15) is 52.6 Å². The minimum absolute atomic E-state index is 0.0900. The zero-order valence-electron chi connectivity index (χ0n) is 20.1. The number of carbonyl (C=O) groups is 1. The van der Waals surface area contributed by atoms with Crippen molar-refractivity contribution in [1.29, 1.82) is 0 Å². The number of nitrogen functional groups attached to an aromatic ring is 1. The first-order chi connectivity index (χ1) is 16.2. The number of rotatable bonds is 6. The molecule has 0 saturated carbocycles. The van der Waals surface area contributed by atoms with Gasteiger partial charge in [0.2, 0.25) is 0 Å². The van der Waals surface area contributed by atoms with Crippen molar-refractivity contribution in [1.82, 2.24) is 19.5 Å². The fraction of sp³-hybridized carbons (Fsp3) is 0.269. The van der Waals surface area contributed by atoms with Gasteiger partial charge < -0.3 is 21.0 Å². The number of nitrogens with one attached hydrogen (secondary N) is 2. The second-order valence-corrected chi connectivity index (χ2v) is 8.90. The largest absolute Gasteiger partial charge is 0.354 e. The van der Waals surface area contributed by atoms with Crippen LogP contribution < -0.4 is 22.0 Å². The van der Waals surface area contributed by atoms with E-state index in [2.05, 4.69) is 40.2 Å². The van der Waals surface area contributed by atoms with Gasteiger partial charge in [-0.15, -0.1) is 0 Å². The Morgan fingerprint density at radius 1 is 1.12 bits per heavy atom. The van der Waals surface area contributed by atoms with Crippen molar-refractivity contribution in [3.63, 3.8) is 0 Å². The predicted octanol–water partition coefficient (Wildman–Crippen LogP) is 4.09. The van der Waals surface area contributed by atoms with Gasteiger partial charge in [0.1, 0.15) is 0 Å². The van der Waals surface area contributed by atoms with Gasteiger partial charge in [-0.25, -0.2) is 4.68 Å². The van der Waals surface area contributed by atoms with Crippen LogP contribution in [0.15, 0.2) is 53.7 Å². The third-order valence-corrected chi connectivity index (χ3v) is 6.06. The molecule has 8 heteroatoms. The molecular formula is C26H30N6O2. The number of aryl methyl sites for hydroxylation is 3. The number of fused-ring (bicyclic) bond motifs is 1. The highest BCUT2D eigenvalue weighted by atomic mass is 16.2. The molecule has 8 nitrogen and oxygen atoms in total. The number of anilines is 2. The highest BCUT2D eigenvalue weighted by Gasteiger charge is 2.19. The normalized spacial score (nSPS) is 11.2. The first kappa shape index (κ1) is 23.1. The van der Waals surface area contributed by atoms with E-state index in [0.717, 1.165) is 38.1 Å². The Labute approximate surface area is 198 Å². The number of hydrogen-bond acceptors (Lipinski definition) is 5. The molecule has 34 heavy (non-hydrogen) atoms. The summed E-state index contributed by atoms with van der Waals surface area (Å²) in [7, 11) is 0. The van der Waals surface area contributed by atoms with Gasteiger partial charge in [-0.2, -0.15) is 0 Å². The third kappa shape index (κ3) is 4.26. The second-order valence-electron chi connectivity index (χ2n) is 8.90. The van der Waals surface area contributed by atoms with Crippen LogP contribution in [0.4, 0.5) is 11.4 Å². The first-order valence-corrected chi connectivity index (χ1v) is 11.2. The fourth-order valence-corrected chi connectivity index (χ4v) is 4.29. The van der Waals surface area contributed by atoms with Gasteiger partial charge in [-0.1, -0.05) is 0 Å². The van der Waals surface area contributed by atoms with E-state index in [1.54, 1.807) is 19.3 Å². The van der Waals surface area contributed by atoms with Gasteiger partial charge in [0.25, 0.3) is 11.5 Å². The zero-order valence-corrected chi connectivity index (χ0v) is 20.1. The standard InChI is InChI=1S/C26H30N6O2/c1-15(2)31-14-17(4)24-21(10-20(11-23(24)31)30-19-7-6-8-28-12-19)25(33)29-13-22-16(3)9-18(5)32(27)26(22)34/h6-12,14-15,30H,13,27H2,1-5H3,(H,29,33). The van der Waals surface area contributed by atoms with Crippen LogP contribution in [0.25, 0.3) is 10.9 Å². The lowest BCUT2D eigenvalue weighted by Crippen LogP contribution is -2.35. The monoisotopic (exact) mass is 458 g/mol. The van der Waals surface area contributed by atoms with Crippen molar-refractivity contribution >= 4 is 28.2 Å². The molecule has 1 aromatic carbocycles. The highest BCUT2D eigenvalue weighted by Crippen LogP contribution is 2.32. The summed E-state index contributed by atoms with van der Waals surface area (Å²) >= 11 is 0. The Kier molecular flexibility index (Phi) is 6.15. The molecule has 0 aliphatic heterocycles. The SMILES string of the molecule is Cc1cc(C)n(N)c(=O)c1CNC(=O)c1cc(Nc2cccnc2)cc2c1c(C)cn2C(C)C. The van der Waals surface area contributed by atoms with Crippen LogP contribution in [0, 0.1) is 20.8 Å². The van der Waals surface area contributed by atoms with E-state index in [4.69, 9.17) is 5.84 Å². The summed E-state index contributed by atoms with van der Waals surface area (Å²) in [5.74, 6) is 5.61. The maximum absolute atomic E-state index is 13.4. The number of hydrogen-bond donors (Lipinski definition) is 3. The summed E-state index contributed by atoms with van der Waals surface area (Å²) in [5, 5.41) is 7.17. The van der Waals surface area contributed by atoms with E-state index in [-0.39, 0.29) is 24.1 Å². The molecular weight excluding hydrogens is 428 g/mol. The molecule has 0 spiro atoms. The van der Waals surface area contributed by atoms with Crippen molar-refractivity contribution in [2.75, 3.05) is 11.2 Å². The Morgan fingerprint density at radius 2 is 1.88 bits per heavy atom. The summed E-state index contributed by atoms with van der Waals surface area (Å²) in [5.41, 5.74) is 5.74. The molecule has 176 valence electrons. The van der Waals surface area contributed by atoms with Crippen molar-refractivity contribution in [2.24, 2.45) is 0 Å². The number of carbonyl (C=O) groups excluding carboxylic acids is 1. The van der Waals surface area contributed by atoms with Gasteiger partial charge in [0.05, 0.1) is 23.0 Å². The second kappa shape index (κ2) is 9.05. The quantitative estimate of drug-likeness (QED) is 0.377.